The van der Waals surface area contributed by atoms with E-state index in [1.807, 2.05) is 0 Å². The molecule has 0 fully saturated rings. The molecule has 1 aromatic rings. The van der Waals surface area contributed by atoms with Crippen LogP contribution in [0, 0.1) is 0 Å². The molecule has 2 nitrogen and oxygen atoms in total. The van der Waals surface area contributed by atoms with Crippen molar-refractivity contribution in [2.24, 2.45) is 0 Å². The summed E-state index contributed by atoms with van der Waals surface area (Å²) < 4.78 is 5.92. The molecule has 28 heavy (non-hydrogen) atoms. The first-order valence-corrected chi connectivity index (χ1v) is 12.2. The van der Waals surface area contributed by atoms with Gasteiger partial charge in [-0.15, -0.1) is 0 Å². The van der Waals surface area contributed by atoms with Gasteiger partial charge in [0.15, 0.2) is 0 Å². The van der Waals surface area contributed by atoms with Gasteiger partial charge in [0.05, 0.1) is 6.61 Å². The van der Waals surface area contributed by atoms with Crippen LogP contribution in [-0.2, 0) is 6.54 Å². The van der Waals surface area contributed by atoms with Crippen LogP contribution in [0.2, 0.25) is 0 Å². The van der Waals surface area contributed by atoms with Crippen LogP contribution in [0.1, 0.15) is 109 Å². The Balaban J connectivity index is 2.01. The second-order valence-corrected chi connectivity index (χ2v) is 8.47. The summed E-state index contributed by atoms with van der Waals surface area (Å²) in [6.45, 7) is 7.63. The molecular weight excluding hydrogens is 342 g/mol. The van der Waals surface area contributed by atoms with Gasteiger partial charge in [-0.3, -0.25) is 0 Å². The zero-order valence-corrected chi connectivity index (χ0v) is 19.2. The fourth-order valence-corrected chi connectivity index (χ4v) is 3.67. The van der Waals surface area contributed by atoms with Crippen molar-refractivity contribution in [3.05, 3.63) is 29.8 Å². The molecule has 0 atom stereocenters. The topological polar surface area (TPSA) is 12.5 Å². The highest BCUT2D eigenvalue weighted by Crippen LogP contribution is 2.15. The quantitative estimate of drug-likeness (QED) is 0.222. The second-order valence-electron chi connectivity index (χ2n) is 8.47. The molecule has 0 saturated carbocycles. The van der Waals surface area contributed by atoms with Crippen molar-refractivity contribution in [1.29, 1.82) is 0 Å². The minimum absolute atomic E-state index is 0.854. The Morgan fingerprint density at radius 1 is 0.643 bits per heavy atom. The van der Waals surface area contributed by atoms with Crippen LogP contribution in [0.25, 0.3) is 0 Å². The molecule has 0 N–H and O–H groups in total. The fourth-order valence-electron chi connectivity index (χ4n) is 3.67. The molecule has 0 saturated heterocycles. The molecular formula is C26H47NO. The standard InChI is InChI=1S/C26H47NO/c1-4-6-8-10-11-12-13-14-15-17-23-28-26-20-18-25(19-21-26)24-27(3)22-16-9-7-5-2/h18-21H,4-17,22-24H2,1-3H3. The van der Waals surface area contributed by atoms with Crippen molar-refractivity contribution in [3.63, 3.8) is 0 Å². The van der Waals surface area contributed by atoms with Gasteiger partial charge >= 0.3 is 0 Å². The summed E-state index contributed by atoms with van der Waals surface area (Å²) in [6.07, 6.45) is 19.0. The molecule has 0 unspecified atom stereocenters. The zero-order valence-electron chi connectivity index (χ0n) is 19.2. The molecule has 0 amide bonds. The van der Waals surface area contributed by atoms with Gasteiger partial charge in [0.25, 0.3) is 0 Å². The van der Waals surface area contributed by atoms with E-state index in [2.05, 4.69) is 50.1 Å². The van der Waals surface area contributed by atoms with Crippen molar-refractivity contribution in [2.75, 3.05) is 20.2 Å². The van der Waals surface area contributed by atoms with Crippen LogP contribution >= 0.6 is 0 Å². The Bertz CT molecular complexity index is 442. The number of benzene rings is 1. The first-order chi connectivity index (χ1) is 13.8. The van der Waals surface area contributed by atoms with Gasteiger partial charge in [-0.1, -0.05) is 103 Å². The average Bonchev–Trinajstić information content (AvgIpc) is 2.70. The number of unbranched alkanes of at least 4 members (excludes halogenated alkanes) is 12. The third-order valence-electron chi connectivity index (χ3n) is 5.54. The van der Waals surface area contributed by atoms with Crippen molar-refractivity contribution >= 4 is 0 Å². The van der Waals surface area contributed by atoms with E-state index in [1.165, 1.54) is 102 Å². The molecule has 0 radical (unpaired) electrons. The molecule has 0 spiro atoms. The third kappa shape index (κ3) is 14.0. The Hall–Kier alpha value is -1.02. The molecule has 0 aliphatic rings. The van der Waals surface area contributed by atoms with E-state index in [0.717, 1.165) is 18.9 Å². The van der Waals surface area contributed by atoms with Gasteiger partial charge in [-0.05, 0) is 44.1 Å². The molecule has 0 aromatic heterocycles. The lowest BCUT2D eigenvalue weighted by Gasteiger charge is -2.16. The van der Waals surface area contributed by atoms with E-state index >= 15 is 0 Å². The number of ether oxygens (including phenoxy) is 1. The highest BCUT2D eigenvalue weighted by atomic mass is 16.5. The highest BCUT2D eigenvalue weighted by Gasteiger charge is 2.01. The smallest absolute Gasteiger partial charge is 0.119 e. The lowest BCUT2D eigenvalue weighted by atomic mass is 10.1. The van der Waals surface area contributed by atoms with Crippen LogP contribution in [-0.4, -0.2) is 25.1 Å². The molecule has 1 rings (SSSR count). The predicted octanol–water partition coefficient (Wildman–Crippen LogP) is 8.00. The van der Waals surface area contributed by atoms with Gasteiger partial charge in [0, 0.05) is 6.54 Å². The van der Waals surface area contributed by atoms with Gasteiger partial charge in [0.2, 0.25) is 0 Å². The van der Waals surface area contributed by atoms with Crippen molar-refractivity contribution in [3.8, 4) is 5.75 Å². The van der Waals surface area contributed by atoms with E-state index < -0.39 is 0 Å². The Labute approximate surface area is 176 Å². The van der Waals surface area contributed by atoms with Crippen molar-refractivity contribution in [1.82, 2.24) is 4.90 Å². The Morgan fingerprint density at radius 3 is 1.71 bits per heavy atom. The Morgan fingerprint density at radius 2 is 1.14 bits per heavy atom. The minimum atomic E-state index is 0.854. The van der Waals surface area contributed by atoms with Crippen molar-refractivity contribution < 1.29 is 4.74 Å². The van der Waals surface area contributed by atoms with Gasteiger partial charge < -0.3 is 9.64 Å². The summed E-state index contributed by atoms with van der Waals surface area (Å²) in [6, 6.07) is 8.71. The van der Waals surface area contributed by atoms with E-state index in [-0.39, 0.29) is 0 Å². The number of rotatable bonds is 19. The van der Waals surface area contributed by atoms with Crippen LogP contribution in [0.4, 0.5) is 0 Å². The van der Waals surface area contributed by atoms with Crippen LogP contribution in [0.3, 0.4) is 0 Å². The molecule has 162 valence electrons. The zero-order chi connectivity index (χ0) is 20.3. The maximum absolute atomic E-state index is 5.92. The van der Waals surface area contributed by atoms with E-state index in [4.69, 9.17) is 4.74 Å². The molecule has 2 heteroatoms. The monoisotopic (exact) mass is 389 g/mol. The summed E-state index contributed by atoms with van der Waals surface area (Å²) in [5, 5.41) is 0. The SMILES string of the molecule is CCCCCCCCCCCCOc1ccc(CN(C)CCCCCC)cc1. The van der Waals surface area contributed by atoms with Crippen molar-refractivity contribution in [2.45, 2.75) is 110 Å². The lowest BCUT2D eigenvalue weighted by Crippen LogP contribution is -2.19. The maximum atomic E-state index is 5.92. The lowest BCUT2D eigenvalue weighted by molar-refractivity contribution is 0.303. The largest absolute Gasteiger partial charge is 0.494 e. The van der Waals surface area contributed by atoms with Crippen LogP contribution < -0.4 is 4.74 Å². The van der Waals surface area contributed by atoms with E-state index in [9.17, 15) is 0 Å². The van der Waals surface area contributed by atoms with Gasteiger partial charge in [-0.25, -0.2) is 0 Å². The predicted molar refractivity (Wildman–Crippen MR) is 124 cm³/mol. The molecule has 0 aliphatic heterocycles. The first kappa shape index (κ1) is 25.0. The maximum Gasteiger partial charge on any atom is 0.119 e. The first-order valence-electron chi connectivity index (χ1n) is 12.2. The highest BCUT2D eigenvalue weighted by molar-refractivity contribution is 5.27. The van der Waals surface area contributed by atoms with E-state index in [1.54, 1.807) is 0 Å². The van der Waals surface area contributed by atoms with Gasteiger partial charge in [-0.2, -0.15) is 0 Å². The normalized spacial score (nSPS) is 11.3. The van der Waals surface area contributed by atoms with E-state index in [0.29, 0.717) is 0 Å². The summed E-state index contributed by atoms with van der Waals surface area (Å²) in [5.74, 6) is 1.02. The number of hydrogen-bond donors (Lipinski definition) is 0. The summed E-state index contributed by atoms with van der Waals surface area (Å²) in [4.78, 5) is 2.43. The molecule has 0 bridgehead atoms. The summed E-state index contributed by atoms with van der Waals surface area (Å²) in [5.41, 5.74) is 1.38. The molecule has 0 heterocycles. The number of hydrogen-bond acceptors (Lipinski definition) is 2. The minimum Gasteiger partial charge on any atom is -0.494 e. The molecule has 0 aliphatic carbocycles. The number of nitrogens with zero attached hydrogens (tertiary/aromatic N) is 1. The summed E-state index contributed by atoms with van der Waals surface area (Å²) >= 11 is 0. The fraction of sp³-hybridized carbons (Fsp3) is 0.769. The summed E-state index contributed by atoms with van der Waals surface area (Å²) in [7, 11) is 2.22. The molecule has 1 aromatic carbocycles. The third-order valence-corrected chi connectivity index (χ3v) is 5.54. The van der Waals surface area contributed by atoms with Crippen LogP contribution in [0.5, 0.6) is 5.75 Å². The van der Waals surface area contributed by atoms with Crippen LogP contribution in [0.15, 0.2) is 24.3 Å². The Kier molecular flexibility index (Phi) is 16.1. The second kappa shape index (κ2) is 18.0. The average molecular weight is 390 g/mol. The van der Waals surface area contributed by atoms with Gasteiger partial charge in [0.1, 0.15) is 5.75 Å².